The number of hydrogen-bond acceptors (Lipinski definition) is 4. The smallest absolute Gasteiger partial charge is 0.243 e. The van der Waals surface area contributed by atoms with Crippen LogP contribution in [0.1, 0.15) is 44.7 Å². The van der Waals surface area contributed by atoms with Gasteiger partial charge in [0.25, 0.3) is 0 Å². The quantitative estimate of drug-likeness (QED) is 0.382. The Balaban J connectivity index is 2.16. The van der Waals surface area contributed by atoms with Gasteiger partial charge in [0.05, 0.1) is 12.9 Å². The summed E-state index contributed by atoms with van der Waals surface area (Å²) in [5, 5.41) is 4.18. The summed E-state index contributed by atoms with van der Waals surface area (Å²) in [4.78, 5) is 28.0. The van der Waals surface area contributed by atoms with Gasteiger partial charge in [-0.2, -0.15) is 0 Å². The van der Waals surface area contributed by atoms with E-state index in [2.05, 4.69) is 5.32 Å². The van der Waals surface area contributed by atoms with Gasteiger partial charge in [-0.1, -0.05) is 55.2 Å². The zero-order valence-corrected chi connectivity index (χ0v) is 21.9. The molecule has 0 aliphatic rings. The molecular formula is C25H32Cl2N2O3S. The van der Waals surface area contributed by atoms with Gasteiger partial charge in [0.2, 0.25) is 11.8 Å². The summed E-state index contributed by atoms with van der Waals surface area (Å²) in [5.74, 6) is 1.34. The molecule has 0 spiro atoms. The highest BCUT2D eigenvalue weighted by molar-refractivity contribution is 7.99. The number of hydrogen-bond donors (Lipinski definition) is 1. The number of benzene rings is 2. The maximum atomic E-state index is 13.3. The van der Waals surface area contributed by atoms with Crippen molar-refractivity contribution in [2.45, 2.75) is 58.0 Å². The van der Waals surface area contributed by atoms with Crippen molar-refractivity contribution in [3.05, 3.63) is 63.6 Å². The van der Waals surface area contributed by atoms with Crippen molar-refractivity contribution in [3.63, 3.8) is 0 Å². The Morgan fingerprint density at radius 2 is 1.79 bits per heavy atom. The van der Waals surface area contributed by atoms with Crippen LogP contribution in [0.3, 0.4) is 0 Å². The topological polar surface area (TPSA) is 58.6 Å². The average Bonchev–Trinajstić information content (AvgIpc) is 2.80. The van der Waals surface area contributed by atoms with Crippen LogP contribution in [0, 0.1) is 0 Å². The van der Waals surface area contributed by atoms with Crippen LogP contribution in [0.15, 0.2) is 42.5 Å². The number of amides is 2. The Morgan fingerprint density at radius 3 is 2.36 bits per heavy atom. The number of methoxy groups -OCH3 is 1. The molecule has 0 heterocycles. The Bertz CT molecular complexity index is 924. The molecule has 8 heteroatoms. The van der Waals surface area contributed by atoms with Crippen LogP contribution in [0.2, 0.25) is 10.0 Å². The third-order valence-corrected chi connectivity index (χ3v) is 6.95. The highest BCUT2D eigenvalue weighted by Crippen LogP contribution is 2.25. The number of halogens is 2. The number of carbonyl (C=O) groups is 2. The number of nitrogens with one attached hydrogen (secondary N) is 1. The van der Waals surface area contributed by atoms with E-state index in [0.717, 1.165) is 23.3 Å². The van der Waals surface area contributed by atoms with Crippen LogP contribution in [0.25, 0.3) is 0 Å². The molecule has 2 aromatic carbocycles. The standard InChI is InChI=1S/C25H32Cl2N2O3S/c1-5-17(3)28-25(31)23(6-2)29(14-18-7-11-21(32-4)12-8-18)24(30)16-33-15-19-9-10-20(26)13-22(19)27/h7-13,17,23H,5-6,14-16H2,1-4H3,(H,28,31)/t17-,23+/m0/s1. The van der Waals surface area contributed by atoms with Gasteiger partial charge < -0.3 is 15.0 Å². The predicted octanol–water partition coefficient (Wildman–Crippen LogP) is 5.96. The van der Waals surface area contributed by atoms with Crippen LogP contribution in [0.5, 0.6) is 5.75 Å². The summed E-state index contributed by atoms with van der Waals surface area (Å²) < 4.78 is 5.23. The van der Waals surface area contributed by atoms with Crippen molar-refractivity contribution in [1.29, 1.82) is 0 Å². The molecule has 0 saturated carbocycles. The molecule has 0 fully saturated rings. The Labute approximate surface area is 211 Å². The van der Waals surface area contributed by atoms with Gasteiger partial charge in [0, 0.05) is 28.4 Å². The summed E-state index contributed by atoms with van der Waals surface area (Å²) in [6.45, 7) is 6.25. The third-order valence-electron chi connectivity index (χ3n) is 5.40. The van der Waals surface area contributed by atoms with Crippen molar-refractivity contribution in [2.75, 3.05) is 12.9 Å². The number of thioether (sulfide) groups is 1. The summed E-state index contributed by atoms with van der Waals surface area (Å²) in [6.07, 6.45) is 1.35. The largest absolute Gasteiger partial charge is 0.497 e. The average molecular weight is 512 g/mol. The molecule has 2 atom stereocenters. The first kappa shape index (κ1) is 27.4. The Morgan fingerprint density at radius 1 is 1.09 bits per heavy atom. The lowest BCUT2D eigenvalue weighted by molar-refractivity contribution is -0.139. The molecular weight excluding hydrogens is 479 g/mol. The van der Waals surface area contributed by atoms with Crippen LogP contribution in [0.4, 0.5) is 0 Å². The van der Waals surface area contributed by atoms with E-state index in [-0.39, 0.29) is 23.6 Å². The first-order valence-corrected chi connectivity index (χ1v) is 12.9. The summed E-state index contributed by atoms with van der Waals surface area (Å²) in [7, 11) is 1.61. The zero-order chi connectivity index (χ0) is 24.4. The van der Waals surface area contributed by atoms with Crippen LogP contribution in [-0.2, 0) is 21.9 Å². The minimum atomic E-state index is -0.548. The van der Waals surface area contributed by atoms with Gasteiger partial charge >= 0.3 is 0 Å². The molecule has 2 amide bonds. The molecule has 0 unspecified atom stereocenters. The first-order valence-electron chi connectivity index (χ1n) is 11.0. The van der Waals surface area contributed by atoms with Crippen molar-refractivity contribution < 1.29 is 14.3 Å². The van der Waals surface area contributed by atoms with E-state index in [1.54, 1.807) is 24.1 Å². The van der Waals surface area contributed by atoms with E-state index in [9.17, 15) is 9.59 Å². The van der Waals surface area contributed by atoms with Gasteiger partial charge in [-0.05, 0) is 55.2 Å². The Kier molecular flexibility index (Phi) is 11.4. The minimum Gasteiger partial charge on any atom is -0.497 e. The van der Waals surface area contributed by atoms with Gasteiger partial charge in [-0.15, -0.1) is 11.8 Å². The summed E-state index contributed by atoms with van der Waals surface area (Å²) in [5.41, 5.74) is 1.85. The molecule has 0 aliphatic carbocycles. The van der Waals surface area contributed by atoms with Crippen LogP contribution < -0.4 is 10.1 Å². The molecule has 0 aromatic heterocycles. The molecule has 2 aromatic rings. The van der Waals surface area contributed by atoms with Crippen molar-refractivity contribution in [1.82, 2.24) is 10.2 Å². The molecule has 0 bridgehead atoms. The molecule has 33 heavy (non-hydrogen) atoms. The maximum absolute atomic E-state index is 13.3. The van der Waals surface area contributed by atoms with E-state index in [4.69, 9.17) is 27.9 Å². The molecule has 0 radical (unpaired) electrons. The fourth-order valence-corrected chi connectivity index (χ4v) is 4.73. The number of ether oxygens (including phenoxy) is 1. The second kappa shape index (κ2) is 13.7. The highest BCUT2D eigenvalue weighted by Gasteiger charge is 2.29. The van der Waals surface area contributed by atoms with E-state index < -0.39 is 6.04 Å². The van der Waals surface area contributed by atoms with Gasteiger partial charge in [0.1, 0.15) is 11.8 Å². The molecule has 1 N–H and O–H groups in total. The van der Waals surface area contributed by atoms with Crippen molar-refractivity contribution in [3.8, 4) is 5.75 Å². The molecule has 5 nitrogen and oxygen atoms in total. The van der Waals surface area contributed by atoms with Gasteiger partial charge in [0.15, 0.2) is 0 Å². The van der Waals surface area contributed by atoms with Crippen LogP contribution >= 0.6 is 35.0 Å². The van der Waals surface area contributed by atoms with E-state index >= 15 is 0 Å². The normalized spacial score (nSPS) is 12.7. The van der Waals surface area contributed by atoms with E-state index in [0.29, 0.717) is 28.8 Å². The predicted molar refractivity (Wildman–Crippen MR) is 138 cm³/mol. The molecule has 0 saturated heterocycles. The van der Waals surface area contributed by atoms with E-state index in [1.807, 2.05) is 51.1 Å². The molecule has 0 aliphatic heterocycles. The lowest BCUT2D eigenvalue weighted by Gasteiger charge is -2.31. The summed E-state index contributed by atoms with van der Waals surface area (Å²) >= 11 is 13.7. The maximum Gasteiger partial charge on any atom is 0.243 e. The Hall–Kier alpha value is -1.89. The zero-order valence-electron chi connectivity index (χ0n) is 19.6. The van der Waals surface area contributed by atoms with Crippen LogP contribution in [-0.4, -0.2) is 41.7 Å². The lowest BCUT2D eigenvalue weighted by Crippen LogP contribution is -2.51. The van der Waals surface area contributed by atoms with E-state index in [1.165, 1.54) is 11.8 Å². The number of nitrogens with zero attached hydrogens (tertiary/aromatic N) is 1. The lowest BCUT2D eigenvalue weighted by atomic mass is 10.1. The van der Waals surface area contributed by atoms with Gasteiger partial charge in [-0.25, -0.2) is 0 Å². The molecule has 2 rings (SSSR count). The fourth-order valence-electron chi connectivity index (χ4n) is 3.26. The third kappa shape index (κ3) is 8.43. The summed E-state index contributed by atoms with van der Waals surface area (Å²) in [6, 6.07) is 12.4. The second-order valence-corrected chi connectivity index (χ2v) is 9.67. The highest BCUT2D eigenvalue weighted by atomic mass is 35.5. The SMILES string of the molecule is CC[C@H](C(=O)N[C@@H](C)CC)N(Cc1ccc(OC)cc1)C(=O)CSCc1ccc(Cl)cc1Cl. The monoisotopic (exact) mass is 510 g/mol. The van der Waals surface area contributed by atoms with Crippen molar-refractivity contribution in [2.24, 2.45) is 0 Å². The molecule has 180 valence electrons. The number of rotatable bonds is 12. The van der Waals surface area contributed by atoms with Crippen molar-refractivity contribution >= 4 is 46.8 Å². The second-order valence-electron chi connectivity index (χ2n) is 7.84. The number of carbonyl (C=O) groups excluding carboxylic acids is 2. The minimum absolute atomic E-state index is 0.0471. The van der Waals surface area contributed by atoms with Gasteiger partial charge in [-0.3, -0.25) is 9.59 Å². The fraction of sp³-hybridized carbons (Fsp3) is 0.440. The first-order chi connectivity index (χ1) is 15.8.